The number of hydrogen-bond acceptors (Lipinski definition) is 3. The summed E-state index contributed by atoms with van der Waals surface area (Å²) in [6, 6.07) is 24.0. The monoisotopic (exact) mass is 392 g/mol. The Bertz CT molecular complexity index is 1330. The van der Waals surface area contributed by atoms with E-state index in [4.69, 9.17) is 0 Å². The predicted molar refractivity (Wildman–Crippen MR) is 118 cm³/mol. The maximum absolute atomic E-state index is 12.6. The molecule has 2 aromatic carbocycles. The summed E-state index contributed by atoms with van der Waals surface area (Å²) in [4.78, 5) is 20.2. The quantitative estimate of drug-likeness (QED) is 0.451. The van der Waals surface area contributed by atoms with Crippen LogP contribution in [0.2, 0.25) is 0 Å². The summed E-state index contributed by atoms with van der Waals surface area (Å²) in [6.07, 6.45) is 5.52. The van der Waals surface area contributed by atoms with Crippen molar-refractivity contribution in [1.82, 2.24) is 19.7 Å². The number of aromatic nitrogens is 4. The van der Waals surface area contributed by atoms with E-state index in [1.807, 2.05) is 54.9 Å². The van der Waals surface area contributed by atoms with Crippen LogP contribution in [0.15, 0.2) is 91.4 Å². The first-order valence-corrected chi connectivity index (χ1v) is 9.84. The van der Waals surface area contributed by atoms with E-state index in [1.54, 1.807) is 17.8 Å². The minimum absolute atomic E-state index is 0.0540. The first-order chi connectivity index (χ1) is 14.7. The van der Waals surface area contributed by atoms with Gasteiger partial charge in [-0.1, -0.05) is 42.5 Å². The molecule has 0 amide bonds. The number of rotatable bonds is 5. The summed E-state index contributed by atoms with van der Waals surface area (Å²) in [5.41, 5.74) is 4.95. The summed E-state index contributed by atoms with van der Waals surface area (Å²) in [7, 11) is 0. The zero-order chi connectivity index (χ0) is 20.5. The van der Waals surface area contributed by atoms with Crippen LogP contribution in [0.1, 0.15) is 24.1 Å². The van der Waals surface area contributed by atoms with Gasteiger partial charge in [0.2, 0.25) is 0 Å². The smallest absolute Gasteiger partial charge is 0.153 e. The fourth-order valence-electron chi connectivity index (χ4n) is 3.95. The van der Waals surface area contributed by atoms with Gasteiger partial charge < -0.3 is 4.98 Å². The number of benzene rings is 2. The second-order valence-electron chi connectivity index (χ2n) is 7.29. The van der Waals surface area contributed by atoms with Crippen LogP contribution in [0, 0.1) is 0 Å². The van der Waals surface area contributed by atoms with Crippen molar-refractivity contribution in [3.05, 3.63) is 103 Å². The molecule has 1 N–H and O–H groups in total. The Morgan fingerprint density at radius 2 is 1.90 bits per heavy atom. The van der Waals surface area contributed by atoms with Crippen LogP contribution in [0.25, 0.3) is 27.8 Å². The van der Waals surface area contributed by atoms with Crippen molar-refractivity contribution < 1.29 is 4.79 Å². The molecule has 0 aliphatic rings. The minimum Gasteiger partial charge on any atom is -0.361 e. The second kappa shape index (κ2) is 7.44. The van der Waals surface area contributed by atoms with E-state index in [-0.39, 0.29) is 5.78 Å². The lowest BCUT2D eigenvalue weighted by molar-refractivity contribution is -0.117. The average Bonchev–Trinajstić information content (AvgIpc) is 3.44. The third-order valence-corrected chi connectivity index (χ3v) is 5.32. The molecule has 5 aromatic rings. The maximum Gasteiger partial charge on any atom is 0.153 e. The highest BCUT2D eigenvalue weighted by molar-refractivity contribution is 5.95. The second-order valence-corrected chi connectivity index (χ2v) is 7.29. The van der Waals surface area contributed by atoms with Crippen LogP contribution in [0.4, 0.5) is 0 Å². The normalized spacial score (nSPS) is 12.2. The molecule has 0 radical (unpaired) electrons. The van der Waals surface area contributed by atoms with Crippen molar-refractivity contribution in [2.24, 2.45) is 0 Å². The highest BCUT2D eigenvalue weighted by atomic mass is 16.1. The van der Waals surface area contributed by atoms with Gasteiger partial charge in [-0.2, -0.15) is 5.10 Å². The molecule has 0 fully saturated rings. The minimum atomic E-state index is -0.430. The number of H-pyrrole nitrogens is 1. The van der Waals surface area contributed by atoms with Crippen molar-refractivity contribution in [1.29, 1.82) is 0 Å². The number of ketones is 1. The highest BCUT2D eigenvalue weighted by Crippen LogP contribution is 2.32. The molecule has 1 atom stereocenters. The number of Topliss-reactive ketones (excluding diaryl/α,β-unsaturated/α-hetero) is 1. The van der Waals surface area contributed by atoms with Crippen molar-refractivity contribution in [3.8, 4) is 16.9 Å². The van der Waals surface area contributed by atoms with E-state index in [9.17, 15) is 4.79 Å². The highest BCUT2D eigenvalue weighted by Gasteiger charge is 2.23. The number of pyridine rings is 1. The number of aromatic amines is 1. The fraction of sp³-hybridized carbons (Fsp3) is 0.0800. The molecule has 5 nitrogen and oxygen atoms in total. The van der Waals surface area contributed by atoms with Crippen LogP contribution < -0.4 is 0 Å². The Morgan fingerprint density at radius 3 is 2.73 bits per heavy atom. The van der Waals surface area contributed by atoms with Gasteiger partial charge in [0.15, 0.2) is 5.82 Å². The van der Waals surface area contributed by atoms with Gasteiger partial charge >= 0.3 is 0 Å². The van der Waals surface area contributed by atoms with E-state index in [1.165, 1.54) is 0 Å². The van der Waals surface area contributed by atoms with Gasteiger partial charge in [-0.25, -0.2) is 9.67 Å². The number of carbonyl (C=O) groups is 1. The number of fused-ring (bicyclic) bond motifs is 1. The van der Waals surface area contributed by atoms with Crippen LogP contribution in [-0.2, 0) is 4.79 Å². The van der Waals surface area contributed by atoms with Crippen molar-refractivity contribution >= 4 is 16.7 Å². The van der Waals surface area contributed by atoms with Gasteiger partial charge in [0.05, 0.1) is 11.6 Å². The third-order valence-electron chi connectivity index (χ3n) is 5.32. The Hall–Kier alpha value is -3.99. The Kier molecular flexibility index (Phi) is 4.48. The number of hydrogen-bond donors (Lipinski definition) is 1. The summed E-state index contributed by atoms with van der Waals surface area (Å²) in [5.74, 6) is 0.345. The van der Waals surface area contributed by atoms with Gasteiger partial charge in [-0.3, -0.25) is 4.79 Å². The van der Waals surface area contributed by atoms with E-state index in [0.29, 0.717) is 5.69 Å². The first-order valence-electron chi connectivity index (χ1n) is 9.84. The van der Waals surface area contributed by atoms with E-state index >= 15 is 0 Å². The van der Waals surface area contributed by atoms with E-state index in [0.717, 1.165) is 33.4 Å². The Labute approximate surface area is 174 Å². The van der Waals surface area contributed by atoms with Gasteiger partial charge in [0, 0.05) is 29.5 Å². The van der Waals surface area contributed by atoms with Crippen LogP contribution in [-0.4, -0.2) is 25.5 Å². The van der Waals surface area contributed by atoms with Crippen LogP contribution in [0.3, 0.4) is 0 Å². The van der Waals surface area contributed by atoms with Crippen molar-refractivity contribution in [2.45, 2.75) is 12.8 Å². The lowest BCUT2D eigenvalue weighted by Crippen LogP contribution is -2.12. The van der Waals surface area contributed by atoms with Gasteiger partial charge in [-0.05, 0) is 53.9 Å². The van der Waals surface area contributed by atoms with Crippen LogP contribution in [0.5, 0.6) is 0 Å². The molecular weight excluding hydrogens is 372 g/mol. The summed E-state index contributed by atoms with van der Waals surface area (Å²) in [6.45, 7) is 1.62. The molecule has 5 heteroatoms. The lowest BCUT2D eigenvalue weighted by atomic mass is 9.89. The van der Waals surface area contributed by atoms with Crippen molar-refractivity contribution in [2.75, 3.05) is 0 Å². The molecule has 146 valence electrons. The summed E-state index contributed by atoms with van der Waals surface area (Å²) < 4.78 is 1.70. The SMILES string of the molecule is CC(=O)C(c1cccc(-c2cccc3[nH]ccc23)c1)c1ccn(-c2ccccn2)n1. The molecule has 0 aliphatic heterocycles. The first kappa shape index (κ1) is 18.1. The molecule has 0 aliphatic carbocycles. The molecule has 3 aromatic heterocycles. The molecule has 0 saturated heterocycles. The van der Waals surface area contributed by atoms with Gasteiger partial charge in [0.1, 0.15) is 5.78 Å². The van der Waals surface area contributed by atoms with E-state index < -0.39 is 5.92 Å². The summed E-state index contributed by atoms with van der Waals surface area (Å²) in [5, 5.41) is 5.81. The Balaban J connectivity index is 1.57. The largest absolute Gasteiger partial charge is 0.361 e. The van der Waals surface area contributed by atoms with E-state index in [2.05, 4.69) is 45.4 Å². The van der Waals surface area contributed by atoms with Crippen molar-refractivity contribution in [3.63, 3.8) is 0 Å². The molecule has 30 heavy (non-hydrogen) atoms. The molecule has 1 unspecified atom stereocenters. The molecule has 0 saturated carbocycles. The third kappa shape index (κ3) is 3.20. The zero-order valence-electron chi connectivity index (χ0n) is 16.5. The van der Waals surface area contributed by atoms with Crippen LogP contribution >= 0.6 is 0 Å². The molecule has 5 rings (SSSR count). The molecular formula is C25H20N4O. The topological polar surface area (TPSA) is 63.6 Å². The fourth-order valence-corrected chi connectivity index (χ4v) is 3.95. The maximum atomic E-state index is 12.6. The predicted octanol–water partition coefficient (Wildman–Crippen LogP) is 5.14. The number of nitrogens with one attached hydrogen (secondary N) is 1. The Morgan fingerprint density at radius 1 is 1.00 bits per heavy atom. The van der Waals surface area contributed by atoms with Gasteiger partial charge in [-0.15, -0.1) is 0 Å². The molecule has 3 heterocycles. The zero-order valence-corrected chi connectivity index (χ0v) is 16.5. The number of nitrogens with zero attached hydrogens (tertiary/aromatic N) is 3. The molecule has 0 spiro atoms. The summed E-state index contributed by atoms with van der Waals surface area (Å²) >= 11 is 0. The van der Waals surface area contributed by atoms with Gasteiger partial charge in [0.25, 0.3) is 0 Å². The lowest BCUT2D eigenvalue weighted by Gasteiger charge is -2.14. The standard InChI is InChI=1S/C25H20N4O/c1-17(30)25(23-12-15-29(28-23)24-10-2-3-13-27-24)19-7-4-6-18(16-19)20-8-5-9-22-21(20)11-14-26-22/h2-16,25-26H,1H3. The molecule has 0 bridgehead atoms. The average molecular weight is 392 g/mol. The number of carbonyl (C=O) groups excluding carboxylic acids is 1.